The van der Waals surface area contributed by atoms with Crippen LogP contribution in [0.3, 0.4) is 0 Å². The Hall–Kier alpha value is -2.17. The zero-order chi connectivity index (χ0) is 19.8. The molecule has 2 aromatic carbocycles. The first-order chi connectivity index (χ1) is 13.4. The summed E-state index contributed by atoms with van der Waals surface area (Å²) in [4.78, 5) is 3.67. The molecule has 0 saturated heterocycles. The monoisotopic (exact) mass is 391 g/mol. The Morgan fingerprint density at radius 3 is 2.64 bits per heavy atom. The van der Waals surface area contributed by atoms with Gasteiger partial charge in [0.15, 0.2) is 0 Å². The lowest BCUT2D eigenvalue weighted by Gasteiger charge is -2.19. The van der Waals surface area contributed by atoms with Crippen molar-refractivity contribution < 1.29 is 0 Å². The number of hydrogen-bond acceptors (Lipinski definition) is 3. The highest BCUT2D eigenvalue weighted by atomic mass is 32.2. The molecule has 2 heterocycles. The van der Waals surface area contributed by atoms with E-state index in [1.54, 1.807) is 0 Å². The highest BCUT2D eigenvalue weighted by Gasteiger charge is 2.21. The molecule has 146 valence electrons. The van der Waals surface area contributed by atoms with Crippen LogP contribution in [0, 0.1) is 12.8 Å². The first-order valence-electron chi connectivity index (χ1n) is 9.94. The summed E-state index contributed by atoms with van der Waals surface area (Å²) >= 11 is 1.91. The molecule has 2 N–H and O–H groups in total. The summed E-state index contributed by atoms with van der Waals surface area (Å²) in [6.07, 6.45) is 0. The van der Waals surface area contributed by atoms with Gasteiger partial charge in [-0.1, -0.05) is 56.6 Å². The van der Waals surface area contributed by atoms with Crippen LogP contribution in [0.4, 0.5) is 0 Å². The number of aromatic amines is 1. The van der Waals surface area contributed by atoms with Gasteiger partial charge in [-0.05, 0) is 48.7 Å². The molecule has 0 spiro atoms. The van der Waals surface area contributed by atoms with Crippen LogP contribution in [0.5, 0.6) is 0 Å². The number of H-pyrrole nitrogens is 1. The van der Waals surface area contributed by atoms with Crippen LogP contribution in [0.2, 0.25) is 0 Å². The van der Waals surface area contributed by atoms with E-state index in [2.05, 4.69) is 85.4 Å². The van der Waals surface area contributed by atoms with Crippen molar-refractivity contribution in [1.29, 1.82) is 0 Å². The fraction of sp³-hybridized carbons (Fsp3) is 0.333. The molecular weight excluding hydrogens is 362 g/mol. The van der Waals surface area contributed by atoms with Gasteiger partial charge in [-0.2, -0.15) is 0 Å². The molecular formula is C24H29N3S. The molecule has 0 fully saturated rings. The molecule has 0 radical (unpaired) electrons. The SMILES string of the molecule is C=C1NCc2c(-c3ccc(CN(C)SCC(C)C)cc3)[nH]c3cc(C)cc1c23. The fourth-order valence-electron chi connectivity index (χ4n) is 3.85. The number of nitrogens with zero attached hydrogens (tertiary/aromatic N) is 1. The Morgan fingerprint density at radius 2 is 1.93 bits per heavy atom. The second-order valence-corrected chi connectivity index (χ2v) is 9.43. The van der Waals surface area contributed by atoms with E-state index in [-0.39, 0.29) is 0 Å². The van der Waals surface area contributed by atoms with E-state index in [9.17, 15) is 0 Å². The lowest BCUT2D eigenvalue weighted by atomic mass is 9.95. The number of rotatable bonds is 6. The van der Waals surface area contributed by atoms with Gasteiger partial charge in [-0.25, -0.2) is 4.31 Å². The highest BCUT2D eigenvalue weighted by molar-refractivity contribution is 7.96. The van der Waals surface area contributed by atoms with E-state index in [1.807, 2.05) is 11.9 Å². The van der Waals surface area contributed by atoms with Crippen LogP contribution in [0.25, 0.3) is 27.9 Å². The molecule has 3 aromatic rings. The summed E-state index contributed by atoms with van der Waals surface area (Å²) < 4.78 is 2.33. The minimum absolute atomic E-state index is 0.715. The first-order valence-corrected chi connectivity index (χ1v) is 10.9. The number of nitrogens with one attached hydrogen (secondary N) is 2. The Kier molecular flexibility index (Phi) is 5.26. The summed E-state index contributed by atoms with van der Waals surface area (Å²) in [5.74, 6) is 1.87. The minimum Gasteiger partial charge on any atom is -0.381 e. The molecule has 0 unspecified atom stereocenters. The van der Waals surface area contributed by atoms with Crippen molar-refractivity contribution in [1.82, 2.24) is 14.6 Å². The van der Waals surface area contributed by atoms with Gasteiger partial charge in [-0.15, -0.1) is 0 Å². The molecule has 0 saturated carbocycles. The van der Waals surface area contributed by atoms with Crippen LogP contribution in [-0.2, 0) is 13.1 Å². The summed E-state index contributed by atoms with van der Waals surface area (Å²) in [5.41, 5.74) is 9.84. The van der Waals surface area contributed by atoms with Gasteiger partial charge in [0.05, 0.1) is 5.69 Å². The average molecular weight is 392 g/mol. The van der Waals surface area contributed by atoms with E-state index in [0.717, 1.165) is 24.5 Å². The highest BCUT2D eigenvalue weighted by Crippen LogP contribution is 2.38. The third-order valence-electron chi connectivity index (χ3n) is 5.23. The molecule has 4 heteroatoms. The first kappa shape index (κ1) is 19.2. The van der Waals surface area contributed by atoms with Crippen LogP contribution >= 0.6 is 11.9 Å². The number of aryl methyl sites for hydroxylation is 1. The van der Waals surface area contributed by atoms with Crippen molar-refractivity contribution in [3.05, 3.63) is 65.2 Å². The van der Waals surface area contributed by atoms with Crippen LogP contribution in [-0.4, -0.2) is 22.1 Å². The normalized spacial score (nSPS) is 13.6. The van der Waals surface area contributed by atoms with E-state index in [4.69, 9.17) is 0 Å². The van der Waals surface area contributed by atoms with Crippen molar-refractivity contribution in [2.45, 2.75) is 33.9 Å². The molecule has 4 rings (SSSR count). The Morgan fingerprint density at radius 1 is 1.18 bits per heavy atom. The maximum atomic E-state index is 4.19. The molecule has 0 amide bonds. The zero-order valence-corrected chi connectivity index (χ0v) is 18.0. The lowest BCUT2D eigenvalue weighted by Crippen LogP contribution is -2.16. The summed E-state index contributed by atoms with van der Waals surface area (Å²) in [7, 11) is 2.17. The zero-order valence-electron chi connectivity index (χ0n) is 17.2. The van der Waals surface area contributed by atoms with Gasteiger partial charge in [0, 0.05) is 46.6 Å². The summed E-state index contributed by atoms with van der Waals surface area (Å²) in [6, 6.07) is 13.5. The maximum absolute atomic E-state index is 4.19. The number of aromatic nitrogens is 1. The van der Waals surface area contributed by atoms with Gasteiger partial charge in [0.25, 0.3) is 0 Å². The lowest BCUT2D eigenvalue weighted by molar-refractivity contribution is 0.559. The second kappa shape index (κ2) is 7.69. The molecule has 0 bridgehead atoms. The van der Waals surface area contributed by atoms with Gasteiger partial charge in [-0.3, -0.25) is 0 Å². The number of benzene rings is 2. The molecule has 28 heavy (non-hydrogen) atoms. The van der Waals surface area contributed by atoms with E-state index in [0.29, 0.717) is 5.92 Å². The fourth-order valence-corrected chi connectivity index (χ4v) is 4.65. The van der Waals surface area contributed by atoms with E-state index in [1.165, 1.54) is 44.4 Å². The molecule has 3 nitrogen and oxygen atoms in total. The van der Waals surface area contributed by atoms with Gasteiger partial charge >= 0.3 is 0 Å². The van der Waals surface area contributed by atoms with Crippen molar-refractivity contribution in [2.75, 3.05) is 12.8 Å². The molecule has 0 atom stereocenters. The largest absolute Gasteiger partial charge is 0.381 e. The summed E-state index contributed by atoms with van der Waals surface area (Å²) in [6.45, 7) is 12.6. The molecule has 1 aliphatic rings. The third kappa shape index (κ3) is 3.71. The van der Waals surface area contributed by atoms with Crippen molar-refractivity contribution in [3.8, 4) is 11.3 Å². The average Bonchev–Trinajstić information content (AvgIpc) is 3.02. The predicted octanol–water partition coefficient (Wildman–Crippen LogP) is 5.95. The van der Waals surface area contributed by atoms with Crippen molar-refractivity contribution in [3.63, 3.8) is 0 Å². The van der Waals surface area contributed by atoms with Crippen molar-refractivity contribution >= 4 is 28.5 Å². The van der Waals surface area contributed by atoms with Crippen LogP contribution in [0.15, 0.2) is 43.0 Å². The van der Waals surface area contributed by atoms with Gasteiger partial charge in [0.2, 0.25) is 0 Å². The van der Waals surface area contributed by atoms with Gasteiger partial charge < -0.3 is 10.3 Å². The Balaban J connectivity index is 1.62. The van der Waals surface area contributed by atoms with Crippen molar-refractivity contribution in [2.24, 2.45) is 5.92 Å². The quantitative estimate of drug-likeness (QED) is 0.509. The van der Waals surface area contributed by atoms with E-state index < -0.39 is 0 Å². The Labute approximate surface area is 172 Å². The van der Waals surface area contributed by atoms with Gasteiger partial charge in [0.1, 0.15) is 0 Å². The van der Waals surface area contributed by atoms with Crippen LogP contribution in [0.1, 0.15) is 36.1 Å². The standard InChI is InChI=1S/C24H29N3S/c1-15(2)14-28-27(5)13-18-6-8-19(9-7-18)24-21-12-25-17(4)20-10-16(3)11-22(26-24)23(20)21/h6-11,15,25-26H,4,12-14H2,1-3,5H3. The third-order valence-corrected chi connectivity index (χ3v) is 6.61. The minimum atomic E-state index is 0.715. The predicted molar refractivity (Wildman–Crippen MR) is 123 cm³/mol. The van der Waals surface area contributed by atoms with E-state index >= 15 is 0 Å². The summed E-state index contributed by atoms with van der Waals surface area (Å²) in [5, 5.41) is 4.78. The maximum Gasteiger partial charge on any atom is 0.0515 e. The molecule has 1 aliphatic heterocycles. The number of hydrogen-bond donors (Lipinski definition) is 2. The molecule has 1 aromatic heterocycles. The second-order valence-electron chi connectivity index (χ2n) is 8.22. The topological polar surface area (TPSA) is 31.1 Å². The smallest absolute Gasteiger partial charge is 0.0515 e. The molecule has 0 aliphatic carbocycles. The Bertz CT molecular complexity index is 1010. The van der Waals surface area contributed by atoms with Crippen LogP contribution < -0.4 is 5.32 Å².